The third-order valence-corrected chi connectivity index (χ3v) is 7.19. The predicted octanol–water partition coefficient (Wildman–Crippen LogP) is 6.04. The first kappa shape index (κ1) is 26.4. The number of rotatable bonds is 9. The van der Waals surface area contributed by atoms with Crippen LogP contribution in [0.25, 0.3) is 16.6 Å². The first-order chi connectivity index (χ1) is 16.7. The zero-order chi connectivity index (χ0) is 25.6. The van der Waals surface area contributed by atoms with Crippen molar-refractivity contribution in [3.63, 3.8) is 0 Å². The van der Waals surface area contributed by atoms with Crippen LogP contribution in [-0.2, 0) is 23.4 Å². The molecule has 1 heterocycles. The Hall–Kier alpha value is -3.20. The third-order valence-electron chi connectivity index (χ3n) is 5.29. The number of benzene rings is 2. The Morgan fingerprint density at radius 2 is 1.74 bits per heavy atom. The van der Waals surface area contributed by atoms with Gasteiger partial charge in [0, 0.05) is 11.1 Å². The summed E-state index contributed by atoms with van der Waals surface area (Å²) < 4.78 is 39.3. The quantitative estimate of drug-likeness (QED) is 0.156. The first-order valence-electron chi connectivity index (χ1n) is 11.5. The Morgan fingerprint density at radius 1 is 1.06 bits per heavy atom. The summed E-state index contributed by atoms with van der Waals surface area (Å²) in [7, 11) is -3.72. The lowest BCUT2D eigenvalue weighted by atomic mass is 9.99. The van der Waals surface area contributed by atoms with Gasteiger partial charge in [-0.15, -0.1) is 0 Å². The number of para-hydroxylation sites is 1. The van der Waals surface area contributed by atoms with Crippen LogP contribution in [0.3, 0.4) is 0 Å². The first-order valence-corrected chi connectivity index (χ1v) is 13.3. The van der Waals surface area contributed by atoms with Crippen LogP contribution in [0, 0.1) is 17.4 Å². The highest BCUT2D eigenvalue weighted by molar-refractivity contribution is 7.65. The molecule has 35 heavy (non-hydrogen) atoms. The van der Waals surface area contributed by atoms with Crippen molar-refractivity contribution in [2.75, 3.05) is 19.4 Å². The van der Waals surface area contributed by atoms with Crippen molar-refractivity contribution in [3.05, 3.63) is 65.6 Å². The van der Waals surface area contributed by atoms with Crippen LogP contribution in [0.1, 0.15) is 51.3 Å². The van der Waals surface area contributed by atoms with E-state index in [9.17, 15) is 18.5 Å². The van der Waals surface area contributed by atoms with E-state index >= 15 is 0 Å². The lowest BCUT2D eigenvalue weighted by Crippen LogP contribution is -2.14. The largest absolute Gasteiger partial charge is 0.466 e. The van der Waals surface area contributed by atoms with E-state index in [1.54, 1.807) is 26.0 Å². The van der Waals surface area contributed by atoms with Crippen LogP contribution in [-0.4, -0.2) is 35.7 Å². The van der Waals surface area contributed by atoms with Crippen molar-refractivity contribution in [1.82, 2.24) is 4.57 Å². The van der Waals surface area contributed by atoms with E-state index in [0.717, 1.165) is 16.5 Å². The average Bonchev–Trinajstić information content (AvgIpc) is 3.13. The number of Topliss-reactive ketones (excluding diaryl/α,β-unsaturated/α-hetero) is 1. The molecule has 0 bridgehead atoms. The zero-order valence-electron chi connectivity index (χ0n) is 20.3. The number of hydrogen-bond acceptors (Lipinski definition) is 5. The molecule has 6 nitrogen and oxygen atoms in total. The summed E-state index contributed by atoms with van der Waals surface area (Å²) in [4.78, 5) is 24.1. The minimum Gasteiger partial charge on any atom is -0.466 e. The van der Waals surface area contributed by atoms with E-state index in [-0.39, 0.29) is 24.9 Å². The molecule has 0 aliphatic heterocycles. The fourth-order valence-corrected chi connectivity index (χ4v) is 5.46. The van der Waals surface area contributed by atoms with Gasteiger partial charge in [-0.2, -0.15) is 0 Å². The van der Waals surface area contributed by atoms with Gasteiger partial charge in [0.05, 0.1) is 24.9 Å². The van der Waals surface area contributed by atoms with Gasteiger partial charge in [-0.25, -0.2) is 4.39 Å². The van der Waals surface area contributed by atoms with Crippen LogP contribution in [0.5, 0.6) is 0 Å². The summed E-state index contributed by atoms with van der Waals surface area (Å²) in [5, 5.41) is 0.973. The lowest BCUT2D eigenvalue weighted by molar-refractivity contribution is -0.145. The number of ether oxygens (including phenoxy) is 1. The normalized spacial score (nSPS) is 12.7. The third kappa shape index (κ3) is 6.28. The Labute approximate surface area is 204 Å². The SMILES string of the molecule is CCOC(=O)CC(=O)CP(=O)(C#Cc1c(C(C)C)c2ccccc2n1-c1ccc(F)cc1)OCC. The summed E-state index contributed by atoms with van der Waals surface area (Å²) in [5.74, 6) is 1.52. The van der Waals surface area contributed by atoms with Gasteiger partial charge < -0.3 is 13.8 Å². The van der Waals surface area contributed by atoms with Gasteiger partial charge >= 0.3 is 5.97 Å². The molecule has 1 atom stereocenters. The second-order valence-corrected chi connectivity index (χ2v) is 10.4. The molecule has 0 saturated heterocycles. The number of ketones is 1. The number of aromatic nitrogens is 1. The molecule has 1 aromatic heterocycles. The maximum atomic E-state index is 13.6. The van der Waals surface area contributed by atoms with Gasteiger partial charge in [0.2, 0.25) is 0 Å². The number of nitrogens with zero attached hydrogens (tertiary/aromatic N) is 1. The molecule has 1 unspecified atom stereocenters. The molecule has 0 spiro atoms. The lowest BCUT2D eigenvalue weighted by Gasteiger charge is -2.12. The Bertz CT molecular complexity index is 1330. The molecule has 2 aromatic carbocycles. The van der Waals surface area contributed by atoms with Gasteiger partial charge in [0.25, 0.3) is 7.37 Å². The molecule has 8 heteroatoms. The van der Waals surface area contributed by atoms with Crippen molar-refractivity contribution in [1.29, 1.82) is 0 Å². The number of carbonyl (C=O) groups excluding carboxylic acids is 2. The Kier molecular flexibility index (Phi) is 8.67. The minimum atomic E-state index is -3.72. The number of hydrogen-bond donors (Lipinski definition) is 0. The highest BCUT2D eigenvalue weighted by atomic mass is 31.2. The smallest absolute Gasteiger partial charge is 0.313 e. The maximum Gasteiger partial charge on any atom is 0.313 e. The summed E-state index contributed by atoms with van der Waals surface area (Å²) in [5.41, 5.74) is 5.84. The second-order valence-electron chi connectivity index (χ2n) is 8.25. The van der Waals surface area contributed by atoms with Crippen LogP contribution in [0.4, 0.5) is 4.39 Å². The Morgan fingerprint density at radius 3 is 2.37 bits per heavy atom. The maximum absolute atomic E-state index is 13.6. The fourth-order valence-electron chi connectivity index (χ4n) is 3.96. The molecule has 0 N–H and O–H groups in total. The minimum absolute atomic E-state index is 0.0721. The van der Waals surface area contributed by atoms with Crippen molar-refractivity contribution in [3.8, 4) is 17.3 Å². The summed E-state index contributed by atoms with van der Waals surface area (Å²) in [6, 6.07) is 13.8. The topological polar surface area (TPSA) is 74.6 Å². The molecule has 0 fully saturated rings. The Balaban J connectivity index is 2.14. The summed E-state index contributed by atoms with van der Waals surface area (Å²) >= 11 is 0. The molecule has 3 rings (SSSR count). The van der Waals surface area contributed by atoms with E-state index in [1.165, 1.54) is 12.1 Å². The van der Waals surface area contributed by atoms with Gasteiger partial charge in [-0.1, -0.05) is 32.0 Å². The van der Waals surface area contributed by atoms with Crippen molar-refractivity contribution < 1.29 is 27.8 Å². The molecule has 0 amide bonds. The summed E-state index contributed by atoms with van der Waals surface area (Å²) in [6.45, 7) is 7.63. The fraction of sp³-hybridized carbons (Fsp3) is 0.333. The van der Waals surface area contributed by atoms with Gasteiger partial charge in [-0.3, -0.25) is 14.2 Å². The van der Waals surface area contributed by atoms with Gasteiger partial charge in [0.1, 0.15) is 17.9 Å². The van der Waals surface area contributed by atoms with Crippen molar-refractivity contribution >= 4 is 30.0 Å². The molecular formula is C27H29FNO5P. The summed E-state index contributed by atoms with van der Waals surface area (Å²) in [6.07, 6.45) is -0.972. The molecule has 0 aliphatic carbocycles. The molecule has 0 aliphatic rings. The molecule has 184 valence electrons. The van der Waals surface area contributed by atoms with E-state index in [0.29, 0.717) is 11.4 Å². The molecular weight excluding hydrogens is 468 g/mol. The number of fused-ring (bicyclic) bond motifs is 1. The van der Waals surface area contributed by atoms with E-state index in [4.69, 9.17) is 9.26 Å². The van der Waals surface area contributed by atoms with Crippen LogP contribution < -0.4 is 0 Å². The second kappa shape index (κ2) is 11.5. The number of halogens is 1. The van der Waals surface area contributed by atoms with Crippen molar-refractivity contribution in [2.24, 2.45) is 0 Å². The van der Waals surface area contributed by atoms with Gasteiger partial charge in [-0.05, 0) is 67.2 Å². The van der Waals surface area contributed by atoms with Crippen LogP contribution in [0.2, 0.25) is 0 Å². The van der Waals surface area contributed by atoms with E-state index < -0.39 is 31.7 Å². The van der Waals surface area contributed by atoms with Crippen LogP contribution in [0.15, 0.2) is 48.5 Å². The number of esters is 1. The molecule has 3 aromatic rings. The number of carbonyl (C=O) groups is 2. The molecule has 0 radical (unpaired) electrons. The predicted molar refractivity (Wildman–Crippen MR) is 135 cm³/mol. The van der Waals surface area contributed by atoms with E-state index in [1.807, 2.05) is 42.7 Å². The monoisotopic (exact) mass is 497 g/mol. The van der Waals surface area contributed by atoms with Gasteiger partial charge in [0.15, 0.2) is 5.78 Å². The van der Waals surface area contributed by atoms with Crippen LogP contribution >= 0.6 is 7.37 Å². The average molecular weight is 498 g/mol. The highest BCUT2D eigenvalue weighted by Gasteiger charge is 2.27. The van der Waals surface area contributed by atoms with Crippen molar-refractivity contribution in [2.45, 2.75) is 40.0 Å². The highest BCUT2D eigenvalue weighted by Crippen LogP contribution is 2.46. The zero-order valence-corrected chi connectivity index (χ0v) is 21.2. The van der Waals surface area contributed by atoms with E-state index in [2.05, 4.69) is 11.6 Å². The standard InChI is InChI=1S/C27H29FNO5P/c1-5-33-26(31)17-22(30)18-35(32,34-6-2)16-15-25-27(19(3)4)23-9-7-8-10-24(23)29(25)21-13-11-20(28)12-14-21/h7-14,19H,5-6,17-18H2,1-4H3. The molecule has 0 saturated carbocycles.